The van der Waals surface area contributed by atoms with Crippen LogP contribution in [0.1, 0.15) is 37.3 Å². The summed E-state index contributed by atoms with van der Waals surface area (Å²) >= 11 is 0. The number of nitrogens with zero attached hydrogens (tertiary/aromatic N) is 4. The molecule has 2 aliphatic heterocycles. The first kappa shape index (κ1) is 17.9. The number of aromatic nitrogens is 3. The minimum absolute atomic E-state index is 0.0368. The van der Waals surface area contributed by atoms with E-state index in [2.05, 4.69) is 20.1 Å². The number of carbonyl (C=O) groups excluding carboxylic acids is 1. The number of rotatable bonds is 4. The van der Waals surface area contributed by atoms with Crippen LogP contribution in [0.2, 0.25) is 0 Å². The quantitative estimate of drug-likeness (QED) is 0.883. The van der Waals surface area contributed by atoms with Gasteiger partial charge in [-0.1, -0.05) is 0 Å². The molecule has 1 unspecified atom stereocenters. The summed E-state index contributed by atoms with van der Waals surface area (Å²) in [5.41, 5.74) is 0. The third-order valence-electron chi connectivity index (χ3n) is 5.30. The zero-order valence-electron chi connectivity index (χ0n) is 15.4. The van der Waals surface area contributed by atoms with Crippen molar-refractivity contribution in [3.8, 4) is 5.75 Å². The van der Waals surface area contributed by atoms with E-state index in [4.69, 9.17) is 4.74 Å². The Kier molecular flexibility index (Phi) is 5.07. The van der Waals surface area contributed by atoms with Gasteiger partial charge in [0, 0.05) is 32.1 Å². The summed E-state index contributed by atoms with van der Waals surface area (Å²) in [6.45, 7) is 5.71. The normalized spacial score (nSPS) is 18.8. The van der Waals surface area contributed by atoms with Crippen LogP contribution >= 0.6 is 0 Å². The Morgan fingerprint density at radius 3 is 2.70 bits per heavy atom. The molecule has 0 saturated carbocycles. The molecule has 1 N–H and O–H groups in total. The molecule has 1 amide bonds. The lowest BCUT2D eigenvalue weighted by Gasteiger charge is -2.33. The molecule has 0 aliphatic carbocycles. The van der Waals surface area contributed by atoms with Crippen LogP contribution in [0.4, 0.5) is 4.39 Å². The highest BCUT2D eigenvalue weighted by atomic mass is 19.1. The highest BCUT2D eigenvalue weighted by Gasteiger charge is 2.30. The summed E-state index contributed by atoms with van der Waals surface area (Å²) < 4.78 is 20.9. The summed E-state index contributed by atoms with van der Waals surface area (Å²) in [6.07, 6.45) is 1.15. The number of fused-ring (bicyclic) bond motifs is 1. The predicted octanol–water partition coefficient (Wildman–Crippen LogP) is 1.69. The largest absolute Gasteiger partial charge is 0.481 e. The summed E-state index contributed by atoms with van der Waals surface area (Å²) in [4.78, 5) is 14.5. The number of benzene rings is 1. The molecule has 3 heterocycles. The lowest BCUT2D eigenvalue weighted by molar-refractivity contribution is -0.139. The first-order chi connectivity index (χ1) is 13.1. The van der Waals surface area contributed by atoms with Gasteiger partial charge in [0.1, 0.15) is 23.2 Å². The zero-order valence-corrected chi connectivity index (χ0v) is 15.4. The maximum absolute atomic E-state index is 13.0. The number of nitrogens with one attached hydrogen (secondary N) is 1. The fraction of sp³-hybridized carbons (Fsp3) is 0.526. The topological polar surface area (TPSA) is 72.3 Å². The van der Waals surface area contributed by atoms with Crippen LogP contribution in [0.25, 0.3) is 0 Å². The SMILES string of the molecule is CC(Oc1ccc(F)cc1)C(=O)N1CCC(c2nnc3n2CCNC3)CC1. The van der Waals surface area contributed by atoms with Crippen LogP contribution < -0.4 is 10.1 Å². The van der Waals surface area contributed by atoms with E-state index in [9.17, 15) is 9.18 Å². The minimum atomic E-state index is -0.598. The van der Waals surface area contributed by atoms with E-state index >= 15 is 0 Å². The van der Waals surface area contributed by atoms with Crippen LogP contribution in [0.15, 0.2) is 24.3 Å². The van der Waals surface area contributed by atoms with Crippen molar-refractivity contribution in [1.29, 1.82) is 0 Å². The molecule has 0 bridgehead atoms. The van der Waals surface area contributed by atoms with E-state index in [1.165, 1.54) is 24.3 Å². The molecule has 0 radical (unpaired) electrons. The van der Waals surface area contributed by atoms with E-state index in [0.29, 0.717) is 24.8 Å². The molecule has 2 aromatic rings. The molecular formula is C19H24FN5O2. The van der Waals surface area contributed by atoms with Crippen molar-refractivity contribution in [3.63, 3.8) is 0 Å². The summed E-state index contributed by atoms with van der Waals surface area (Å²) in [7, 11) is 0. The van der Waals surface area contributed by atoms with Crippen LogP contribution in [-0.4, -0.2) is 51.3 Å². The van der Waals surface area contributed by atoms with Gasteiger partial charge in [0.15, 0.2) is 6.10 Å². The fourth-order valence-corrected chi connectivity index (χ4v) is 3.80. The van der Waals surface area contributed by atoms with Gasteiger partial charge in [-0.2, -0.15) is 0 Å². The van der Waals surface area contributed by atoms with Crippen molar-refractivity contribution < 1.29 is 13.9 Å². The number of carbonyl (C=O) groups is 1. The highest BCUT2D eigenvalue weighted by molar-refractivity contribution is 5.81. The number of amides is 1. The second kappa shape index (κ2) is 7.64. The average Bonchev–Trinajstić information content (AvgIpc) is 3.13. The van der Waals surface area contributed by atoms with Gasteiger partial charge in [0.05, 0.1) is 6.54 Å². The number of hydrogen-bond acceptors (Lipinski definition) is 5. The van der Waals surface area contributed by atoms with Crippen LogP contribution in [-0.2, 0) is 17.9 Å². The van der Waals surface area contributed by atoms with E-state index in [1.807, 2.05) is 4.90 Å². The van der Waals surface area contributed by atoms with Crippen molar-refractivity contribution >= 4 is 5.91 Å². The molecule has 27 heavy (non-hydrogen) atoms. The Balaban J connectivity index is 1.34. The first-order valence-electron chi connectivity index (χ1n) is 9.45. The van der Waals surface area contributed by atoms with E-state index < -0.39 is 6.10 Å². The van der Waals surface area contributed by atoms with Crippen molar-refractivity contribution in [3.05, 3.63) is 41.7 Å². The van der Waals surface area contributed by atoms with Gasteiger partial charge in [-0.25, -0.2) is 4.39 Å². The lowest BCUT2D eigenvalue weighted by atomic mass is 9.95. The maximum atomic E-state index is 13.0. The smallest absolute Gasteiger partial charge is 0.263 e. The monoisotopic (exact) mass is 373 g/mol. The van der Waals surface area contributed by atoms with Crippen molar-refractivity contribution in [1.82, 2.24) is 25.0 Å². The molecule has 1 aromatic heterocycles. The average molecular weight is 373 g/mol. The van der Waals surface area contributed by atoms with E-state index in [0.717, 1.165) is 44.1 Å². The predicted molar refractivity (Wildman–Crippen MR) is 96.8 cm³/mol. The van der Waals surface area contributed by atoms with Crippen molar-refractivity contribution in [2.24, 2.45) is 0 Å². The Bertz CT molecular complexity index is 799. The molecule has 4 rings (SSSR count). The molecular weight excluding hydrogens is 349 g/mol. The van der Waals surface area contributed by atoms with Gasteiger partial charge in [-0.3, -0.25) is 4.79 Å². The first-order valence-corrected chi connectivity index (χ1v) is 9.45. The Hall–Kier alpha value is -2.48. The van der Waals surface area contributed by atoms with Gasteiger partial charge in [-0.05, 0) is 44.0 Å². The second-order valence-electron chi connectivity index (χ2n) is 7.12. The zero-order chi connectivity index (χ0) is 18.8. The minimum Gasteiger partial charge on any atom is -0.481 e. The number of likely N-dealkylation sites (tertiary alicyclic amines) is 1. The van der Waals surface area contributed by atoms with Gasteiger partial charge < -0.3 is 19.5 Å². The Morgan fingerprint density at radius 2 is 1.96 bits per heavy atom. The molecule has 1 atom stereocenters. The van der Waals surface area contributed by atoms with E-state index in [1.54, 1.807) is 6.92 Å². The molecule has 1 saturated heterocycles. The number of piperidine rings is 1. The Labute approximate surface area is 157 Å². The van der Waals surface area contributed by atoms with Gasteiger partial charge in [-0.15, -0.1) is 10.2 Å². The molecule has 7 nitrogen and oxygen atoms in total. The maximum Gasteiger partial charge on any atom is 0.263 e. The molecule has 1 aromatic carbocycles. The third kappa shape index (κ3) is 3.80. The molecule has 0 spiro atoms. The molecule has 144 valence electrons. The van der Waals surface area contributed by atoms with Crippen molar-refractivity contribution in [2.45, 2.75) is 44.9 Å². The van der Waals surface area contributed by atoms with Gasteiger partial charge in [0.25, 0.3) is 5.91 Å². The summed E-state index contributed by atoms with van der Waals surface area (Å²) in [6, 6.07) is 5.73. The standard InChI is InChI=1S/C19H24FN5O2/c1-13(27-16-4-2-15(20)3-5-16)19(26)24-9-6-14(7-10-24)18-23-22-17-12-21-8-11-25(17)18/h2-5,13-14,21H,6-12H2,1H3. The number of halogens is 1. The van der Waals surface area contributed by atoms with Gasteiger partial charge >= 0.3 is 0 Å². The Morgan fingerprint density at radius 1 is 1.22 bits per heavy atom. The lowest BCUT2D eigenvalue weighted by Crippen LogP contribution is -2.44. The van der Waals surface area contributed by atoms with Crippen LogP contribution in [0, 0.1) is 5.82 Å². The number of hydrogen-bond donors (Lipinski definition) is 1. The summed E-state index contributed by atoms with van der Waals surface area (Å²) in [5, 5.41) is 12.0. The molecule has 2 aliphatic rings. The number of ether oxygens (including phenoxy) is 1. The molecule has 8 heteroatoms. The van der Waals surface area contributed by atoms with Gasteiger partial charge in [0.2, 0.25) is 0 Å². The fourth-order valence-electron chi connectivity index (χ4n) is 3.80. The summed E-state index contributed by atoms with van der Waals surface area (Å²) in [5.74, 6) is 2.52. The van der Waals surface area contributed by atoms with E-state index in [-0.39, 0.29) is 11.7 Å². The second-order valence-corrected chi connectivity index (χ2v) is 7.12. The van der Waals surface area contributed by atoms with Crippen LogP contribution in [0.3, 0.4) is 0 Å². The molecule has 1 fully saturated rings. The van der Waals surface area contributed by atoms with Crippen molar-refractivity contribution in [2.75, 3.05) is 19.6 Å². The van der Waals surface area contributed by atoms with Crippen LogP contribution in [0.5, 0.6) is 5.75 Å². The third-order valence-corrected chi connectivity index (χ3v) is 5.30. The highest BCUT2D eigenvalue weighted by Crippen LogP contribution is 2.28.